The maximum Gasteiger partial charge on any atom is 0.323 e. The molecule has 0 bridgehead atoms. The number of anilines is 2. The Morgan fingerprint density at radius 1 is 1.05 bits per heavy atom. The van der Waals surface area contributed by atoms with Crippen molar-refractivity contribution in [2.75, 3.05) is 75.6 Å². The molecule has 1 atom stereocenters. The van der Waals surface area contributed by atoms with Crippen LogP contribution < -0.4 is 15.4 Å². The van der Waals surface area contributed by atoms with E-state index in [0.717, 1.165) is 34.0 Å². The number of amides is 1. The van der Waals surface area contributed by atoms with Gasteiger partial charge in [0.15, 0.2) is 0 Å². The van der Waals surface area contributed by atoms with Crippen LogP contribution in [0.1, 0.15) is 12.8 Å². The Morgan fingerprint density at radius 3 is 2.57 bits per heavy atom. The number of pyridine rings is 2. The summed E-state index contributed by atoms with van der Waals surface area (Å²) in [6.07, 6.45) is 6.58. The monoisotopic (exact) mass is 607 g/mol. The molecule has 1 fully saturated rings. The largest absolute Gasteiger partial charge is 0.480 e. The van der Waals surface area contributed by atoms with Gasteiger partial charge in [-0.25, -0.2) is 0 Å². The third-order valence-electron chi connectivity index (χ3n) is 7.21. The highest BCUT2D eigenvalue weighted by Gasteiger charge is 2.31. The minimum Gasteiger partial charge on any atom is -0.480 e. The van der Waals surface area contributed by atoms with Crippen molar-refractivity contribution in [3.63, 3.8) is 0 Å². The summed E-state index contributed by atoms with van der Waals surface area (Å²) in [7, 11) is 0. The second-order valence-electron chi connectivity index (χ2n) is 10.2. The van der Waals surface area contributed by atoms with Crippen molar-refractivity contribution in [3.05, 3.63) is 75.8 Å². The number of hydrogen-bond donors (Lipinski definition) is 1. The zero-order valence-corrected chi connectivity index (χ0v) is 24.5. The number of benzene rings is 1. The summed E-state index contributed by atoms with van der Waals surface area (Å²) in [6.45, 7) is 3.14. The number of rotatable bonds is 17. The van der Waals surface area contributed by atoms with Crippen LogP contribution in [0.25, 0.3) is 21.2 Å². The number of carboxylic acids is 1. The number of aliphatic carboxylic acids is 1. The molecule has 1 aliphatic heterocycles. The van der Waals surface area contributed by atoms with Gasteiger partial charge in [-0.3, -0.25) is 19.4 Å². The van der Waals surface area contributed by atoms with Crippen LogP contribution >= 0.6 is 0 Å². The first-order valence-corrected chi connectivity index (χ1v) is 14.5. The minimum atomic E-state index is -1.15. The van der Waals surface area contributed by atoms with E-state index in [2.05, 4.69) is 26.0 Å². The van der Waals surface area contributed by atoms with Gasteiger partial charge in [0.25, 0.3) is 5.56 Å². The molecule has 3 heterocycles. The smallest absolute Gasteiger partial charge is 0.323 e. The molecule has 14 heteroatoms. The molecule has 3 aromatic rings. The number of azide groups is 1. The van der Waals surface area contributed by atoms with Crippen molar-refractivity contribution in [1.29, 1.82) is 0 Å². The zero-order chi connectivity index (χ0) is 31.1. The minimum absolute atomic E-state index is 0.124. The predicted octanol–water partition coefficient (Wildman–Crippen LogP) is 3.09. The summed E-state index contributed by atoms with van der Waals surface area (Å²) in [5.41, 5.74) is 9.19. The van der Waals surface area contributed by atoms with Gasteiger partial charge in [0.2, 0.25) is 5.91 Å². The summed E-state index contributed by atoms with van der Waals surface area (Å²) in [5, 5.41) is 14.8. The van der Waals surface area contributed by atoms with Gasteiger partial charge in [-0.05, 0) is 24.4 Å². The number of hydrogen-bond acceptors (Lipinski definition) is 9. The fraction of sp³-hybridized carbons (Fsp3) is 0.467. The molecule has 1 saturated heterocycles. The molecule has 2 aromatic heterocycles. The average molecular weight is 608 g/mol. The normalized spacial score (nSPS) is 14.7. The molecular weight excluding hydrogens is 570 g/mol. The van der Waals surface area contributed by atoms with E-state index < -0.39 is 18.1 Å². The van der Waals surface area contributed by atoms with Crippen LogP contribution in [0.2, 0.25) is 0 Å². The quantitative estimate of drug-likeness (QED) is 0.105. The van der Waals surface area contributed by atoms with Crippen LogP contribution in [0.5, 0.6) is 0 Å². The number of carbonyl (C=O) groups is 2. The number of carbonyl (C=O) groups excluding carboxylic acids is 1. The highest BCUT2D eigenvalue weighted by atomic mass is 16.5. The van der Waals surface area contributed by atoms with Crippen LogP contribution in [-0.2, 0) is 30.3 Å². The molecule has 234 valence electrons. The topological polar surface area (TPSA) is 172 Å². The summed E-state index contributed by atoms with van der Waals surface area (Å²) >= 11 is 0. The SMILES string of the molecule is [N-]=[N+]=NCCOCCOCCOCCN(C(=O)C1CCCN(c2cncc3ccccc23)C1)c1ccc(=O)n(CC(=O)O)c1. The maximum absolute atomic E-state index is 14.0. The number of nitrogens with zero attached hydrogens (tertiary/aromatic N) is 7. The fourth-order valence-corrected chi connectivity index (χ4v) is 5.13. The van der Waals surface area contributed by atoms with Crippen molar-refractivity contribution in [3.8, 4) is 0 Å². The Labute approximate surface area is 254 Å². The molecule has 1 aliphatic rings. The van der Waals surface area contributed by atoms with Crippen LogP contribution in [0.3, 0.4) is 0 Å². The molecular formula is C30H37N7O7. The first kappa shape index (κ1) is 32.4. The highest BCUT2D eigenvalue weighted by molar-refractivity contribution is 5.96. The van der Waals surface area contributed by atoms with E-state index in [4.69, 9.17) is 19.7 Å². The van der Waals surface area contributed by atoms with E-state index in [-0.39, 0.29) is 31.5 Å². The number of aromatic nitrogens is 2. The summed E-state index contributed by atoms with van der Waals surface area (Å²) in [6, 6.07) is 10.8. The van der Waals surface area contributed by atoms with Crippen molar-refractivity contribution < 1.29 is 28.9 Å². The summed E-state index contributed by atoms with van der Waals surface area (Å²) < 4.78 is 17.6. The van der Waals surface area contributed by atoms with Crippen LogP contribution in [-0.4, -0.2) is 92.4 Å². The molecule has 0 saturated carbocycles. The van der Waals surface area contributed by atoms with Crippen molar-refractivity contribution >= 4 is 34.0 Å². The van der Waals surface area contributed by atoms with Gasteiger partial charge in [-0.15, -0.1) is 0 Å². The molecule has 0 spiro atoms. The Bertz CT molecular complexity index is 1500. The molecule has 1 amide bonds. The Morgan fingerprint density at radius 2 is 1.80 bits per heavy atom. The zero-order valence-electron chi connectivity index (χ0n) is 24.5. The average Bonchev–Trinajstić information content (AvgIpc) is 3.04. The lowest BCUT2D eigenvalue weighted by atomic mass is 9.95. The standard InChI is InChI=1S/C30H37N7O7/c31-34-33-9-12-42-14-16-44-17-15-43-13-11-37(25-7-8-28(38)36(21-25)22-29(39)40)30(41)24-5-3-10-35(20-24)27-19-32-18-23-4-1-2-6-26(23)27/h1-2,4,6-8,18-19,21,24H,3,5,9-17,20,22H2,(H,39,40). The predicted molar refractivity (Wildman–Crippen MR) is 164 cm³/mol. The second kappa shape index (κ2) is 17.0. The van der Waals surface area contributed by atoms with Crippen molar-refractivity contribution in [2.45, 2.75) is 19.4 Å². The Kier molecular flexibility index (Phi) is 12.5. The van der Waals surface area contributed by atoms with E-state index in [9.17, 15) is 19.5 Å². The molecule has 1 N–H and O–H groups in total. The lowest BCUT2D eigenvalue weighted by Gasteiger charge is -2.36. The van der Waals surface area contributed by atoms with Gasteiger partial charge in [0.05, 0.1) is 63.1 Å². The van der Waals surface area contributed by atoms with Gasteiger partial charge in [0.1, 0.15) is 6.54 Å². The summed E-state index contributed by atoms with van der Waals surface area (Å²) in [4.78, 5) is 48.5. The van der Waals surface area contributed by atoms with Crippen LogP contribution in [0.4, 0.5) is 11.4 Å². The lowest BCUT2D eigenvalue weighted by Crippen LogP contribution is -2.46. The second-order valence-corrected chi connectivity index (χ2v) is 10.2. The molecule has 0 aliphatic carbocycles. The fourth-order valence-electron chi connectivity index (χ4n) is 5.13. The molecule has 44 heavy (non-hydrogen) atoms. The van der Waals surface area contributed by atoms with Gasteiger partial charge >= 0.3 is 5.97 Å². The van der Waals surface area contributed by atoms with Gasteiger partial charge in [-0.1, -0.05) is 29.4 Å². The van der Waals surface area contributed by atoms with Crippen molar-refractivity contribution in [2.24, 2.45) is 11.0 Å². The highest BCUT2D eigenvalue weighted by Crippen LogP contribution is 2.30. The third kappa shape index (κ3) is 9.25. The van der Waals surface area contributed by atoms with E-state index in [0.29, 0.717) is 51.7 Å². The van der Waals surface area contributed by atoms with Crippen molar-refractivity contribution in [1.82, 2.24) is 9.55 Å². The lowest BCUT2D eigenvalue weighted by molar-refractivity contribution is -0.137. The van der Waals surface area contributed by atoms with Gasteiger partial charge < -0.3 is 33.7 Å². The third-order valence-corrected chi connectivity index (χ3v) is 7.21. The number of fused-ring (bicyclic) bond motifs is 1. The van der Waals surface area contributed by atoms with Gasteiger partial charge in [-0.2, -0.15) is 0 Å². The Balaban J connectivity index is 1.40. The molecule has 1 unspecified atom stereocenters. The molecule has 1 aromatic carbocycles. The number of ether oxygens (including phenoxy) is 3. The number of carboxylic acid groups (broad SMARTS) is 1. The molecule has 4 rings (SSSR count). The molecule has 0 radical (unpaired) electrons. The van der Waals surface area contributed by atoms with Gasteiger partial charge in [0, 0.05) is 60.3 Å². The van der Waals surface area contributed by atoms with E-state index in [1.807, 2.05) is 30.6 Å². The first-order valence-electron chi connectivity index (χ1n) is 14.5. The molecule has 14 nitrogen and oxygen atoms in total. The van der Waals surface area contributed by atoms with E-state index in [1.54, 1.807) is 11.0 Å². The van der Waals surface area contributed by atoms with E-state index >= 15 is 0 Å². The summed E-state index contributed by atoms with van der Waals surface area (Å²) in [5.74, 6) is -1.61. The number of piperidine rings is 1. The van der Waals surface area contributed by atoms with Crippen LogP contribution in [0, 0.1) is 5.92 Å². The maximum atomic E-state index is 14.0. The van der Waals surface area contributed by atoms with E-state index in [1.165, 1.54) is 12.3 Å². The Hall–Kier alpha value is -4.49. The van der Waals surface area contributed by atoms with Crippen LogP contribution in [0.15, 0.2) is 64.9 Å². The first-order chi connectivity index (χ1) is 21.5.